The number of halogens is 1. The van der Waals surface area contributed by atoms with Crippen molar-refractivity contribution in [2.75, 3.05) is 5.32 Å². The van der Waals surface area contributed by atoms with Crippen LogP contribution in [0, 0.1) is 20.8 Å². The molecule has 7 nitrogen and oxygen atoms in total. The number of rotatable bonds is 4. The van der Waals surface area contributed by atoms with E-state index >= 15 is 0 Å². The maximum atomic E-state index is 12.7. The van der Waals surface area contributed by atoms with Gasteiger partial charge in [-0.15, -0.1) is 10.2 Å². The highest BCUT2D eigenvalue weighted by molar-refractivity contribution is 7.80. The van der Waals surface area contributed by atoms with Crippen LogP contribution in [0.15, 0.2) is 71.1 Å². The average Bonchev–Trinajstić information content (AvgIpc) is 3.50. The number of aromatic nitrogens is 3. The molecular formula is C27H22ClN5O2S. The zero-order chi connectivity index (χ0) is 25.4. The van der Waals surface area contributed by atoms with E-state index in [1.54, 1.807) is 18.2 Å². The van der Waals surface area contributed by atoms with Crippen LogP contribution >= 0.6 is 23.8 Å². The monoisotopic (exact) mass is 515 g/mol. The Morgan fingerprint density at radius 1 is 0.889 bits per heavy atom. The molecule has 0 radical (unpaired) electrons. The van der Waals surface area contributed by atoms with Gasteiger partial charge in [0.2, 0.25) is 0 Å². The molecule has 0 unspecified atom stereocenters. The Kier molecular flexibility index (Phi) is 6.30. The Morgan fingerprint density at radius 2 is 1.67 bits per heavy atom. The minimum atomic E-state index is -0.439. The Bertz CT molecular complexity index is 1640. The molecule has 5 rings (SSSR count). The number of fused-ring (bicyclic) bond motifs is 1. The number of hydrogen-bond acceptors (Lipinski definition) is 5. The normalized spacial score (nSPS) is 11.0. The lowest BCUT2D eigenvalue weighted by molar-refractivity contribution is 0.0951. The fourth-order valence-electron chi connectivity index (χ4n) is 3.65. The van der Waals surface area contributed by atoms with Gasteiger partial charge in [0.25, 0.3) is 5.91 Å². The number of aryl methyl sites for hydroxylation is 3. The fourth-order valence-corrected chi connectivity index (χ4v) is 4.04. The maximum Gasteiger partial charge on any atom is 0.293 e. The molecule has 0 saturated carbocycles. The number of thiocarbonyl (C=S) groups is 1. The number of anilines is 1. The minimum Gasteiger partial charge on any atom is -0.451 e. The summed E-state index contributed by atoms with van der Waals surface area (Å²) in [4.78, 5) is 14.2. The van der Waals surface area contributed by atoms with E-state index in [2.05, 4.69) is 20.8 Å². The van der Waals surface area contributed by atoms with Crippen molar-refractivity contribution in [1.82, 2.24) is 20.3 Å². The molecule has 3 aromatic carbocycles. The molecule has 0 saturated heterocycles. The second-order valence-corrected chi connectivity index (χ2v) is 9.31. The molecule has 0 aliphatic rings. The van der Waals surface area contributed by atoms with Crippen molar-refractivity contribution >= 4 is 51.6 Å². The van der Waals surface area contributed by atoms with Crippen molar-refractivity contribution in [3.05, 3.63) is 94.2 Å². The highest BCUT2D eigenvalue weighted by Gasteiger charge is 2.15. The van der Waals surface area contributed by atoms with Gasteiger partial charge in [-0.2, -0.15) is 4.80 Å². The predicted molar refractivity (Wildman–Crippen MR) is 146 cm³/mol. The number of furan rings is 1. The van der Waals surface area contributed by atoms with E-state index < -0.39 is 5.91 Å². The lowest BCUT2D eigenvalue weighted by Crippen LogP contribution is -2.33. The number of benzene rings is 3. The largest absolute Gasteiger partial charge is 0.451 e. The van der Waals surface area contributed by atoms with E-state index in [1.807, 2.05) is 69.3 Å². The standard InChI is InChI=1S/C27H22ClN5O2S/c1-15-4-6-18(12-17(15)3)24-10-11-25(35-24)26(34)30-27(36)29-19-7-9-22-23(13-19)32-33(31-22)20-8-5-16(2)21(28)14-20/h4-14H,1-3H3,(H2,29,30,34,36). The van der Waals surface area contributed by atoms with Gasteiger partial charge in [-0.25, -0.2) is 0 Å². The SMILES string of the molecule is Cc1ccc(-c2ccc(C(=O)NC(=S)Nc3ccc4nn(-c5ccc(C)c(Cl)c5)nc4c3)o2)cc1C. The van der Waals surface area contributed by atoms with E-state index in [9.17, 15) is 4.79 Å². The Hall–Kier alpha value is -4.01. The van der Waals surface area contributed by atoms with Crippen LogP contribution in [0.1, 0.15) is 27.2 Å². The Balaban J connectivity index is 1.27. The topological polar surface area (TPSA) is 85.0 Å². The molecule has 0 bridgehead atoms. The van der Waals surface area contributed by atoms with Crippen molar-refractivity contribution in [2.24, 2.45) is 0 Å². The third-order valence-corrected chi connectivity index (χ3v) is 6.48. The average molecular weight is 516 g/mol. The summed E-state index contributed by atoms with van der Waals surface area (Å²) in [7, 11) is 0. The van der Waals surface area contributed by atoms with Crippen molar-refractivity contribution in [1.29, 1.82) is 0 Å². The van der Waals surface area contributed by atoms with Gasteiger partial charge >= 0.3 is 0 Å². The van der Waals surface area contributed by atoms with E-state index in [-0.39, 0.29) is 10.9 Å². The summed E-state index contributed by atoms with van der Waals surface area (Å²) >= 11 is 11.6. The molecule has 1 amide bonds. The van der Waals surface area contributed by atoms with Gasteiger partial charge in [-0.05, 0) is 98.2 Å². The molecule has 0 aliphatic heterocycles. The maximum absolute atomic E-state index is 12.7. The lowest BCUT2D eigenvalue weighted by Gasteiger charge is -2.08. The molecule has 0 fully saturated rings. The number of carbonyl (C=O) groups excluding carboxylic acids is 1. The first-order valence-electron chi connectivity index (χ1n) is 11.2. The lowest BCUT2D eigenvalue weighted by atomic mass is 10.1. The number of amides is 1. The van der Waals surface area contributed by atoms with E-state index in [0.29, 0.717) is 27.5 Å². The molecule has 36 heavy (non-hydrogen) atoms. The summed E-state index contributed by atoms with van der Waals surface area (Å²) < 4.78 is 5.77. The molecule has 2 N–H and O–H groups in total. The van der Waals surface area contributed by atoms with Crippen LogP contribution in [0.4, 0.5) is 5.69 Å². The van der Waals surface area contributed by atoms with Crippen LogP contribution in [0.5, 0.6) is 0 Å². The quantitative estimate of drug-likeness (QED) is 0.270. The summed E-state index contributed by atoms with van der Waals surface area (Å²) in [6.45, 7) is 6.03. The van der Waals surface area contributed by atoms with Crippen molar-refractivity contribution < 1.29 is 9.21 Å². The van der Waals surface area contributed by atoms with Crippen LogP contribution in [0.2, 0.25) is 5.02 Å². The summed E-state index contributed by atoms with van der Waals surface area (Å²) in [6.07, 6.45) is 0. The summed E-state index contributed by atoms with van der Waals surface area (Å²) in [5.74, 6) is 0.346. The van der Waals surface area contributed by atoms with Gasteiger partial charge < -0.3 is 9.73 Å². The summed E-state index contributed by atoms with van der Waals surface area (Å²) in [5, 5.41) is 15.5. The first kappa shape index (κ1) is 23.7. The first-order valence-corrected chi connectivity index (χ1v) is 12.0. The third kappa shape index (κ3) is 4.86. The zero-order valence-corrected chi connectivity index (χ0v) is 21.4. The Morgan fingerprint density at radius 3 is 2.44 bits per heavy atom. The van der Waals surface area contributed by atoms with Gasteiger partial charge in [-0.1, -0.05) is 29.8 Å². The summed E-state index contributed by atoms with van der Waals surface area (Å²) in [6, 6.07) is 20.5. The molecule has 9 heteroatoms. The number of nitrogens with zero attached hydrogens (tertiary/aromatic N) is 3. The first-order chi connectivity index (χ1) is 17.3. The molecule has 2 heterocycles. The molecule has 0 spiro atoms. The van der Waals surface area contributed by atoms with Crippen LogP contribution < -0.4 is 10.6 Å². The number of hydrogen-bond donors (Lipinski definition) is 2. The smallest absolute Gasteiger partial charge is 0.293 e. The van der Waals surface area contributed by atoms with Crippen molar-refractivity contribution in [3.63, 3.8) is 0 Å². The van der Waals surface area contributed by atoms with Crippen molar-refractivity contribution in [3.8, 4) is 17.0 Å². The van der Waals surface area contributed by atoms with Crippen LogP contribution in [-0.2, 0) is 0 Å². The van der Waals surface area contributed by atoms with Crippen LogP contribution in [0.25, 0.3) is 28.0 Å². The molecule has 180 valence electrons. The van der Waals surface area contributed by atoms with E-state index in [1.165, 1.54) is 10.4 Å². The van der Waals surface area contributed by atoms with Gasteiger partial charge in [0, 0.05) is 16.3 Å². The molecule has 0 aliphatic carbocycles. The molecule has 5 aromatic rings. The molecule has 2 aromatic heterocycles. The second kappa shape index (κ2) is 9.56. The fraction of sp³-hybridized carbons (Fsp3) is 0.111. The van der Waals surface area contributed by atoms with Gasteiger partial charge in [0.15, 0.2) is 10.9 Å². The predicted octanol–water partition coefficient (Wildman–Crippen LogP) is 6.39. The second-order valence-electron chi connectivity index (χ2n) is 8.50. The van der Waals surface area contributed by atoms with Gasteiger partial charge in [0.1, 0.15) is 16.8 Å². The molecule has 0 atom stereocenters. The van der Waals surface area contributed by atoms with Crippen molar-refractivity contribution in [2.45, 2.75) is 20.8 Å². The number of carbonyl (C=O) groups is 1. The Labute approximate surface area is 218 Å². The number of nitrogens with one attached hydrogen (secondary N) is 2. The highest BCUT2D eigenvalue weighted by Crippen LogP contribution is 2.25. The zero-order valence-electron chi connectivity index (χ0n) is 19.8. The third-order valence-electron chi connectivity index (χ3n) is 5.87. The minimum absolute atomic E-state index is 0.140. The summed E-state index contributed by atoms with van der Waals surface area (Å²) in [5.41, 5.74) is 7.04. The van der Waals surface area contributed by atoms with E-state index in [0.717, 1.165) is 22.4 Å². The van der Waals surface area contributed by atoms with Gasteiger partial charge in [-0.3, -0.25) is 10.1 Å². The highest BCUT2D eigenvalue weighted by atomic mass is 35.5. The van der Waals surface area contributed by atoms with E-state index in [4.69, 9.17) is 28.2 Å². The van der Waals surface area contributed by atoms with Crippen LogP contribution in [0.3, 0.4) is 0 Å². The van der Waals surface area contributed by atoms with Crippen LogP contribution in [-0.4, -0.2) is 26.0 Å². The van der Waals surface area contributed by atoms with Gasteiger partial charge in [0.05, 0.1) is 5.69 Å². The molecular weight excluding hydrogens is 494 g/mol.